The van der Waals surface area contributed by atoms with E-state index >= 15 is 0 Å². The highest BCUT2D eigenvalue weighted by molar-refractivity contribution is 6.19. The number of aliphatic hydroxyl groups is 1. The lowest BCUT2D eigenvalue weighted by Crippen LogP contribution is -2.30. The van der Waals surface area contributed by atoms with Crippen LogP contribution in [-0.4, -0.2) is 16.8 Å². The molecular weight excluding hydrogens is 374 g/mol. The minimum absolute atomic E-state index is 0.0824. The Bertz CT molecular complexity index is 1130. The van der Waals surface area contributed by atoms with Crippen LogP contribution in [0.3, 0.4) is 0 Å². The maximum atomic E-state index is 13.1. The third-order valence-electron chi connectivity index (χ3n) is 5.13. The van der Waals surface area contributed by atoms with Gasteiger partial charge in [-0.25, -0.2) is 0 Å². The maximum Gasteiger partial charge on any atom is 0.294 e. The van der Waals surface area contributed by atoms with Crippen molar-refractivity contribution < 1.29 is 14.7 Å². The molecule has 1 N–H and O–H groups in total. The molecule has 0 spiro atoms. The number of hydrogen-bond donors (Lipinski definition) is 1. The van der Waals surface area contributed by atoms with Gasteiger partial charge in [0.2, 0.25) is 0 Å². The van der Waals surface area contributed by atoms with Gasteiger partial charge < -0.3 is 5.11 Å². The fraction of sp³-hybridized carbons (Fsp3) is 0.0769. The molecule has 0 bridgehead atoms. The molecule has 0 radical (unpaired) electrons. The number of hydrogen-bond acceptors (Lipinski definition) is 3. The summed E-state index contributed by atoms with van der Waals surface area (Å²) >= 11 is 0. The molecule has 1 heterocycles. The molecular formula is C26H21NO3. The molecule has 0 aromatic heterocycles. The van der Waals surface area contributed by atoms with Crippen LogP contribution in [0.1, 0.15) is 22.7 Å². The van der Waals surface area contributed by atoms with Crippen molar-refractivity contribution in [2.45, 2.75) is 13.0 Å². The van der Waals surface area contributed by atoms with E-state index in [4.69, 9.17) is 0 Å². The minimum atomic E-state index is -0.700. The van der Waals surface area contributed by atoms with Crippen molar-refractivity contribution in [3.05, 3.63) is 119 Å². The predicted octanol–water partition coefficient (Wildman–Crippen LogP) is 5.18. The largest absolute Gasteiger partial charge is 0.503 e. The summed E-state index contributed by atoms with van der Waals surface area (Å²) in [5.74, 6) is -1.48. The van der Waals surface area contributed by atoms with Crippen LogP contribution in [-0.2, 0) is 9.59 Å². The average Bonchev–Trinajstić information content (AvgIpc) is 3.05. The van der Waals surface area contributed by atoms with Gasteiger partial charge in [0, 0.05) is 5.69 Å². The summed E-state index contributed by atoms with van der Waals surface area (Å²) in [4.78, 5) is 27.6. The first-order chi connectivity index (χ1) is 14.6. The Morgan fingerprint density at radius 1 is 0.900 bits per heavy atom. The van der Waals surface area contributed by atoms with Crippen LogP contribution in [0, 0.1) is 6.92 Å². The number of aliphatic hydroxyl groups excluding tert-OH is 1. The average molecular weight is 395 g/mol. The second-order valence-corrected chi connectivity index (χ2v) is 7.19. The highest BCUT2D eigenvalue weighted by Crippen LogP contribution is 2.41. The Balaban J connectivity index is 1.77. The van der Waals surface area contributed by atoms with Crippen molar-refractivity contribution in [1.82, 2.24) is 0 Å². The lowest BCUT2D eigenvalue weighted by Gasteiger charge is -2.26. The summed E-state index contributed by atoms with van der Waals surface area (Å²) in [5, 5.41) is 10.7. The van der Waals surface area contributed by atoms with E-state index in [1.165, 1.54) is 11.0 Å². The van der Waals surface area contributed by atoms with E-state index < -0.39 is 23.5 Å². The van der Waals surface area contributed by atoms with Gasteiger partial charge in [0.25, 0.3) is 5.91 Å². The zero-order valence-electron chi connectivity index (χ0n) is 16.5. The van der Waals surface area contributed by atoms with Crippen LogP contribution in [0.4, 0.5) is 5.69 Å². The minimum Gasteiger partial charge on any atom is -0.503 e. The molecule has 1 aliphatic heterocycles. The molecule has 0 saturated carbocycles. The van der Waals surface area contributed by atoms with E-state index in [-0.39, 0.29) is 5.57 Å². The van der Waals surface area contributed by atoms with E-state index in [1.54, 1.807) is 6.08 Å². The molecule has 4 nitrogen and oxygen atoms in total. The molecule has 1 amide bonds. The molecule has 0 saturated heterocycles. The molecule has 0 aliphatic carbocycles. The van der Waals surface area contributed by atoms with Crippen LogP contribution in [0.5, 0.6) is 0 Å². The molecule has 3 aromatic rings. The molecule has 1 aliphatic rings. The Kier molecular flexibility index (Phi) is 5.31. The van der Waals surface area contributed by atoms with Crippen molar-refractivity contribution in [2.75, 3.05) is 4.90 Å². The molecule has 4 rings (SSSR count). The third-order valence-corrected chi connectivity index (χ3v) is 5.13. The Labute approximate surface area is 175 Å². The monoisotopic (exact) mass is 395 g/mol. The van der Waals surface area contributed by atoms with Gasteiger partial charge in [-0.2, -0.15) is 0 Å². The topological polar surface area (TPSA) is 57.6 Å². The first-order valence-electron chi connectivity index (χ1n) is 9.72. The van der Waals surface area contributed by atoms with Crippen LogP contribution >= 0.6 is 0 Å². The summed E-state index contributed by atoms with van der Waals surface area (Å²) in [6, 6.07) is 25.4. The van der Waals surface area contributed by atoms with E-state index in [9.17, 15) is 14.7 Å². The van der Waals surface area contributed by atoms with E-state index in [0.717, 1.165) is 16.7 Å². The molecule has 4 heteroatoms. The fourth-order valence-electron chi connectivity index (χ4n) is 3.61. The van der Waals surface area contributed by atoms with Crippen LogP contribution < -0.4 is 4.90 Å². The van der Waals surface area contributed by atoms with Crippen LogP contribution in [0.15, 0.2) is 102 Å². The van der Waals surface area contributed by atoms with Crippen LogP contribution in [0.25, 0.3) is 6.08 Å². The highest BCUT2D eigenvalue weighted by Gasteiger charge is 2.43. The van der Waals surface area contributed by atoms with Crippen molar-refractivity contribution >= 4 is 23.5 Å². The Morgan fingerprint density at radius 2 is 1.50 bits per heavy atom. The maximum absolute atomic E-state index is 13.1. The Hall–Kier alpha value is -3.92. The molecule has 0 fully saturated rings. The van der Waals surface area contributed by atoms with Gasteiger partial charge in [0.05, 0.1) is 11.6 Å². The zero-order chi connectivity index (χ0) is 21.1. The van der Waals surface area contributed by atoms with Crippen molar-refractivity contribution in [1.29, 1.82) is 0 Å². The van der Waals surface area contributed by atoms with Gasteiger partial charge in [-0.1, -0.05) is 84.4 Å². The number of rotatable bonds is 5. The number of anilines is 1. The SMILES string of the molecule is Cc1ccc(N2C(=O)C(O)=C(C(=O)/C=C\c3ccccc3)[C@@H]2c2ccccc2)cc1. The normalized spacial score (nSPS) is 16.5. The summed E-state index contributed by atoms with van der Waals surface area (Å²) in [6.07, 6.45) is 3.09. The lowest BCUT2D eigenvalue weighted by molar-refractivity contribution is -0.117. The first kappa shape index (κ1) is 19.4. The molecule has 30 heavy (non-hydrogen) atoms. The lowest BCUT2D eigenvalue weighted by atomic mass is 9.95. The summed E-state index contributed by atoms with van der Waals surface area (Å²) in [5.41, 5.74) is 3.38. The number of nitrogens with zero attached hydrogens (tertiary/aromatic N) is 1. The third kappa shape index (κ3) is 3.67. The molecule has 148 valence electrons. The highest BCUT2D eigenvalue weighted by atomic mass is 16.3. The zero-order valence-corrected chi connectivity index (χ0v) is 16.5. The van der Waals surface area contributed by atoms with Gasteiger partial charge in [-0.15, -0.1) is 0 Å². The van der Waals surface area contributed by atoms with Gasteiger partial charge >= 0.3 is 0 Å². The van der Waals surface area contributed by atoms with E-state index in [1.807, 2.05) is 91.9 Å². The summed E-state index contributed by atoms with van der Waals surface area (Å²) in [6.45, 7) is 1.96. The van der Waals surface area contributed by atoms with Gasteiger partial charge in [0.15, 0.2) is 11.5 Å². The molecule has 3 aromatic carbocycles. The summed E-state index contributed by atoms with van der Waals surface area (Å²) < 4.78 is 0. The number of ketones is 1. The number of aryl methyl sites for hydroxylation is 1. The quantitative estimate of drug-likeness (QED) is 0.606. The fourth-order valence-corrected chi connectivity index (χ4v) is 3.61. The van der Waals surface area contributed by atoms with Gasteiger partial charge in [-0.05, 0) is 36.3 Å². The van der Waals surface area contributed by atoms with E-state index in [0.29, 0.717) is 5.69 Å². The molecule has 1 atom stereocenters. The predicted molar refractivity (Wildman–Crippen MR) is 118 cm³/mol. The van der Waals surface area contributed by atoms with Gasteiger partial charge in [0.1, 0.15) is 0 Å². The number of amides is 1. The Morgan fingerprint density at radius 3 is 2.13 bits per heavy atom. The molecule has 0 unspecified atom stereocenters. The number of carbonyl (C=O) groups is 2. The second-order valence-electron chi connectivity index (χ2n) is 7.19. The first-order valence-corrected chi connectivity index (χ1v) is 9.72. The van der Waals surface area contributed by atoms with Crippen LogP contribution in [0.2, 0.25) is 0 Å². The number of carbonyl (C=O) groups excluding carboxylic acids is 2. The standard InChI is InChI=1S/C26H21NO3/c1-18-12-15-21(16-13-18)27-24(20-10-6-3-7-11-20)23(25(29)26(27)30)22(28)17-14-19-8-4-2-5-9-19/h2-17,24,29H,1H3/b17-14-/t24-/m0/s1. The van der Waals surface area contributed by atoms with Crippen molar-refractivity contribution in [3.63, 3.8) is 0 Å². The van der Waals surface area contributed by atoms with E-state index in [2.05, 4.69) is 0 Å². The van der Waals surface area contributed by atoms with Gasteiger partial charge in [-0.3, -0.25) is 14.5 Å². The van der Waals surface area contributed by atoms with Crippen molar-refractivity contribution in [3.8, 4) is 0 Å². The smallest absolute Gasteiger partial charge is 0.294 e. The number of allylic oxidation sites excluding steroid dienone is 1. The van der Waals surface area contributed by atoms with Crippen molar-refractivity contribution in [2.24, 2.45) is 0 Å². The summed E-state index contributed by atoms with van der Waals surface area (Å²) in [7, 11) is 0. The number of benzene rings is 3. The second kappa shape index (κ2) is 8.21.